The van der Waals surface area contributed by atoms with E-state index in [2.05, 4.69) is 57.3 Å². The van der Waals surface area contributed by atoms with Crippen molar-refractivity contribution in [3.63, 3.8) is 0 Å². The fourth-order valence-electron chi connectivity index (χ4n) is 7.48. The van der Waals surface area contributed by atoms with Crippen LogP contribution in [-0.2, 0) is 17.1 Å². The topological polar surface area (TPSA) is 182 Å². The maximum absolute atomic E-state index is 15.4. The third-order valence-electron chi connectivity index (χ3n) is 10.5. The summed E-state index contributed by atoms with van der Waals surface area (Å²) < 4.78 is 69.6. The number of benzene rings is 2. The number of imidazole rings is 1. The Hall–Kier alpha value is -5.20. The molecule has 18 heteroatoms. The number of allylic oxidation sites excluding steroid dienone is 1. The molecule has 1 fully saturated rings. The molecule has 1 unspecified atom stereocenters. The number of nitrogens with two attached hydrogens (primary N) is 1. The molecule has 1 atom stereocenters. The predicted molar refractivity (Wildman–Crippen MR) is 217 cm³/mol. The summed E-state index contributed by atoms with van der Waals surface area (Å²) >= 11 is 0. The summed E-state index contributed by atoms with van der Waals surface area (Å²) in [5.41, 5.74) is 8.80. The first-order valence-electron chi connectivity index (χ1n) is 19.2. The first kappa shape index (κ1) is 41.4. The second-order valence-electron chi connectivity index (χ2n) is 14.8. The third kappa shape index (κ3) is 8.43. The molecule has 5 aromatic rings. The molecule has 0 saturated carbocycles. The van der Waals surface area contributed by atoms with Gasteiger partial charge in [-0.2, -0.15) is 9.50 Å². The van der Waals surface area contributed by atoms with Gasteiger partial charge in [0.05, 0.1) is 22.0 Å². The van der Waals surface area contributed by atoms with E-state index in [1.807, 2.05) is 11.6 Å². The Morgan fingerprint density at radius 3 is 2.47 bits per heavy atom. The molecule has 6 rings (SSSR count). The normalized spacial score (nSPS) is 15.3. The van der Waals surface area contributed by atoms with E-state index in [1.165, 1.54) is 29.7 Å². The van der Waals surface area contributed by atoms with E-state index >= 15 is 8.78 Å². The summed E-state index contributed by atoms with van der Waals surface area (Å²) in [6.07, 6.45) is 7.52. The van der Waals surface area contributed by atoms with Crippen LogP contribution in [0.3, 0.4) is 0 Å². The van der Waals surface area contributed by atoms with Crippen LogP contribution < -0.4 is 21.5 Å². The molecule has 2 aromatic carbocycles. The van der Waals surface area contributed by atoms with Crippen molar-refractivity contribution in [2.24, 2.45) is 12.8 Å². The molecular formula is C39H51F2N11O4S. The largest absolute Gasteiger partial charge is 0.485 e. The number of anilines is 2. The highest BCUT2D eigenvalue weighted by Gasteiger charge is 2.27. The lowest BCUT2D eigenvalue weighted by atomic mass is 9.89. The summed E-state index contributed by atoms with van der Waals surface area (Å²) in [5.74, 6) is -1.99. The molecular weight excluding hydrogens is 757 g/mol. The number of rotatable bonds is 16. The molecule has 15 nitrogen and oxygen atoms in total. The van der Waals surface area contributed by atoms with Gasteiger partial charge in [0.2, 0.25) is 21.6 Å². The fraction of sp³-hybridized carbons (Fsp3) is 0.462. The summed E-state index contributed by atoms with van der Waals surface area (Å²) in [7, 11) is -0.997. The number of hydrogen-bond acceptors (Lipinski definition) is 11. The third-order valence-corrected chi connectivity index (χ3v) is 12.4. The number of piperidine rings is 1. The van der Waals surface area contributed by atoms with Crippen molar-refractivity contribution < 1.29 is 21.9 Å². The number of hydrogen-bond donors (Lipinski definition) is 3. The first-order chi connectivity index (χ1) is 27.2. The molecule has 0 aliphatic carbocycles. The van der Waals surface area contributed by atoms with Crippen molar-refractivity contribution in [1.29, 1.82) is 5.41 Å². The van der Waals surface area contributed by atoms with Gasteiger partial charge in [0.25, 0.3) is 0 Å². The van der Waals surface area contributed by atoms with Gasteiger partial charge in [-0.15, -0.1) is 5.10 Å². The van der Waals surface area contributed by atoms with Gasteiger partial charge < -0.3 is 26.1 Å². The molecule has 3 aromatic heterocycles. The van der Waals surface area contributed by atoms with Crippen LogP contribution in [0.1, 0.15) is 83.0 Å². The number of aryl methyl sites for hydroxylation is 1. The highest BCUT2D eigenvalue weighted by Crippen LogP contribution is 2.33. The Morgan fingerprint density at radius 1 is 1.14 bits per heavy atom. The van der Waals surface area contributed by atoms with Crippen LogP contribution in [0.15, 0.2) is 52.5 Å². The summed E-state index contributed by atoms with van der Waals surface area (Å²) in [5, 5.41) is 14.4. The average molecular weight is 808 g/mol. The number of fused-ring (bicyclic) bond motifs is 2. The van der Waals surface area contributed by atoms with E-state index in [4.69, 9.17) is 15.9 Å². The minimum Gasteiger partial charge on any atom is -0.485 e. The maximum Gasteiger partial charge on any atom is 0.329 e. The molecule has 1 saturated heterocycles. The SMILES string of the molecule is CCCC(C)n1c(=O)n(C)c2cc(C3CCN(CCCN(C)S(=O)(=O)c4cc(F)c(Nc5nc6c(OC(C)C)c(/C(C=N)=C/N)ncn6n5)c(F)c4)CC3)ccc21. The Kier molecular flexibility index (Phi) is 12.4. The predicted octanol–water partition coefficient (Wildman–Crippen LogP) is 5.79. The van der Waals surface area contributed by atoms with Crippen molar-refractivity contribution in [3.05, 3.63) is 76.2 Å². The quantitative estimate of drug-likeness (QED) is 0.103. The van der Waals surface area contributed by atoms with Crippen LogP contribution in [-0.4, -0.2) is 91.9 Å². The molecule has 0 bridgehead atoms. The summed E-state index contributed by atoms with van der Waals surface area (Å²) in [6, 6.07) is 8.03. The van der Waals surface area contributed by atoms with Crippen molar-refractivity contribution in [2.75, 3.05) is 38.5 Å². The molecule has 1 aliphatic heterocycles. The molecule has 0 spiro atoms. The van der Waals surface area contributed by atoms with Crippen LogP contribution in [0.4, 0.5) is 20.4 Å². The van der Waals surface area contributed by atoms with Gasteiger partial charge in [-0.1, -0.05) is 19.4 Å². The van der Waals surface area contributed by atoms with Crippen LogP contribution in [0, 0.1) is 17.0 Å². The van der Waals surface area contributed by atoms with E-state index in [0.29, 0.717) is 18.9 Å². The van der Waals surface area contributed by atoms with Crippen molar-refractivity contribution in [3.8, 4) is 5.75 Å². The highest BCUT2D eigenvalue weighted by molar-refractivity contribution is 7.89. The molecule has 57 heavy (non-hydrogen) atoms. The van der Waals surface area contributed by atoms with Gasteiger partial charge >= 0.3 is 5.69 Å². The van der Waals surface area contributed by atoms with E-state index in [9.17, 15) is 13.2 Å². The van der Waals surface area contributed by atoms with Crippen molar-refractivity contribution >= 4 is 50.1 Å². The monoisotopic (exact) mass is 807 g/mol. The number of likely N-dealkylation sites (tertiary alicyclic amines) is 1. The number of nitrogens with one attached hydrogen (secondary N) is 2. The molecule has 4 heterocycles. The first-order valence-corrected chi connectivity index (χ1v) is 20.6. The lowest BCUT2D eigenvalue weighted by Crippen LogP contribution is -2.36. The van der Waals surface area contributed by atoms with Crippen molar-refractivity contribution in [1.82, 2.24) is 37.9 Å². The fourth-order valence-corrected chi connectivity index (χ4v) is 8.71. The molecule has 0 radical (unpaired) electrons. The van der Waals surface area contributed by atoms with Crippen molar-refractivity contribution in [2.45, 2.75) is 82.8 Å². The van der Waals surface area contributed by atoms with Gasteiger partial charge in [-0.25, -0.2) is 31.3 Å². The van der Waals surface area contributed by atoms with E-state index in [1.54, 1.807) is 18.4 Å². The second kappa shape index (κ2) is 17.1. The van der Waals surface area contributed by atoms with Gasteiger partial charge in [-0.3, -0.25) is 9.13 Å². The number of nitrogens with zero attached hydrogens (tertiary/aromatic N) is 8. The van der Waals surface area contributed by atoms with Gasteiger partial charge in [-0.05, 0) is 102 Å². The van der Waals surface area contributed by atoms with Gasteiger partial charge in [0.15, 0.2) is 17.4 Å². The van der Waals surface area contributed by atoms with Gasteiger partial charge in [0, 0.05) is 44.7 Å². The van der Waals surface area contributed by atoms with E-state index in [0.717, 1.165) is 72.5 Å². The zero-order valence-corrected chi connectivity index (χ0v) is 34.0. The number of ether oxygens (including phenoxy) is 1. The lowest BCUT2D eigenvalue weighted by Gasteiger charge is -2.32. The Morgan fingerprint density at radius 2 is 1.84 bits per heavy atom. The Labute approximate surface area is 330 Å². The molecule has 306 valence electrons. The zero-order valence-electron chi connectivity index (χ0n) is 33.2. The summed E-state index contributed by atoms with van der Waals surface area (Å²) in [6.45, 7) is 10.3. The van der Waals surface area contributed by atoms with Gasteiger partial charge in [0.1, 0.15) is 17.7 Å². The number of aromatic nitrogens is 6. The van der Waals surface area contributed by atoms with E-state index < -0.39 is 32.2 Å². The smallest absolute Gasteiger partial charge is 0.329 e. The van der Waals surface area contributed by atoms with E-state index in [-0.39, 0.29) is 53.0 Å². The summed E-state index contributed by atoms with van der Waals surface area (Å²) in [4.78, 5) is 23.4. The van der Waals surface area contributed by atoms with Crippen LogP contribution in [0.2, 0.25) is 0 Å². The lowest BCUT2D eigenvalue weighted by molar-refractivity contribution is 0.206. The maximum atomic E-state index is 15.4. The molecule has 4 N–H and O–H groups in total. The Balaban J connectivity index is 1.07. The Bertz CT molecular complexity index is 2450. The standard InChI is InChI=1S/C39H51F2N11O4S/c1-7-9-25(4)52-32-11-10-27(18-33(32)49(6)39(52)53)26-12-16-50(17-13-26)15-8-14-48(5)57(54,55)29-19-30(40)35(31(41)20-29)45-38-46-37-36(56-24(2)3)34(28(21-42)22-43)44-23-51(37)47-38/h10-11,18-26,42H,7-9,12-17,43H2,1-6H3,(H,45,47)/b28-22+,42-21?. The minimum atomic E-state index is -4.22. The number of halogens is 2. The molecule has 0 amide bonds. The second-order valence-corrected chi connectivity index (χ2v) is 16.9. The molecule has 1 aliphatic rings. The van der Waals surface area contributed by atoms with Crippen LogP contribution in [0.25, 0.3) is 22.3 Å². The average Bonchev–Trinajstić information content (AvgIpc) is 3.71. The van der Waals surface area contributed by atoms with Crippen LogP contribution in [0.5, 0.6) is 5.75 Å². The zero-order chi connectivity index (χ0) is 41.2. The van der Waals surface area contributed by atoms with Crippen LogP contribution >= 0.6 is 0 Å². The highest BCUT2D eigenvalue weighted by atomic mass is 32.2. The minimum absolute atomic E-state index is 0.00668. The number of sulfonamides is 1.